The Labute approximate surface area is 99.7 Å². The van der Waals surface area contributed by atoms with Gasteiger partial charge in [0.1, 0.15) is 5.75 Å². The highest BCUT2D eigenvalue weighted by Gasteiger charge is 1.97. The highest BCUT2D eigenvalue weighted by molar-refractivity contribution is 7.09. The predicted octanol–water partition coefficient (Wildman–Crippen LogP) is 2.83. The molecule has 0 unspecified atom stereocenters. The minimum Gasteiger partial charge on any atom is -0.493 e. The van der Waals surface area contributed by atoms with Crippen LogP contribution in [0.15, 0.2) is 41.8 Å². The Morgan fingerprint density at radius 1 is 1.19 bits per heavy atom. The molecular weight excluding hydrogens is 218 g/mol. The summed E-state index contributed by atoms with van der Waals surface area (Å²) in [6, 6.07) is 12.1. The van der Waals surface area contributed by atoms with E-state index in [4.69, 9.17) is 10.5 Å². The van der Waals surface area contributed by atoms with Crippen molar-refractivity contribution in [3.63, 3.8) is 0 Å². The normalized spacial score (nSPS) is 10.3. The standard InChI is InChI=1S/C13H15NOS/c14-10-11-3-1-4-12(9-11)15-7-6-13-5-2-8-16-13/h1-5,8-9H,6-7,10,14H2. The number of benzene rings is 1. The molecule has 0 saturated heterocycles. The van der Waals surface area contributed by atoms with Gasteiger partial charge in [-0.05, 0) is 29.1 Å². The maximum Gasteiger partial charge on any atom is 0.119 e. The number of ether oxygens (including phenoxy) is 1. The van der Waals surface area contributed by atoms with Crippen molar-refractivity contribution in [1.82, 2.24) is 0 Å². The lowest BCUT2D eigenvalue weighted by Crippen LogP contribution is -2.01. The van der Waals surface area contributed by atoms with Gasteiger partial charge in [0.05, 0.1) is 6.61 Å². The molecule has 0 spiro atoms. The second-order valence-corrected chi connectivity index (χ2v) is 4.56. The van der Waals surface area contributed by atoms with Crippen LogP contribution in [0.5, 0.6) is 5.75 Å². The molecule has 0 amide bonds. The van der Waals surface area contributed by atoms with Crippen molar-refractivity contribution in [2.45, 2.75) is 13.0 Å². The first-order chi connectivity index (χ1) is 7.88. The van der Waals surface area contributed by atoms with E-state index in [1.165, 1.54) is 4.88 Å². The SMILES string of the molecule is NCc1cccc(OCCc2cccs2)c1. The Morgan fingerprint density at radius 3 is 2.88 bits per heavy atom. The Balaban J connectivity index is 1.85. The van der Waals surface area contributed by atoms with Crippen LogP contribution in [0.1, 0.15) is 10.4 Å². The van der Waals surface area contributed by atoms with E-state index in [9.17, 15) is 0 Å². The average molecular weight is 233 g/mol. The fourth-order valence-electron chi connectivity index (χ4n) is 1.49. The Hall–Kier alpha value is -1.32. The quantitative estimate of drug-likeness (QED) is 0.862. The molecular formula is C13H15NOS. The molecule has 16 heavy (non-hydrogen) atoms. The lowest BCUT2D eigenvalue weighted by molar-refractivity contribution is 0.322. The topological polar surface area (TPSA) is 35.2 Å². The van der Waals surface area contributed by atoms with Gasteiger partial charge in [-0.15, -0.1) is 11.3 Å². The Morgan fingerprint density at radius 2 is 2.12 bits per heavy atom. The highest BCUT2D eigenvalue weighted by Crippen LogP contribution is 2.14. The molecule has 0 bridgehead atoms. The van der Waals surface area contributed by atoms with Crippen LogP contribution in [-0.4, -0.2) is 6.61 Å². The molecule has 0 aliphatic carbocycles. The zero-order chi connectivity index (χ0) is 11.2. The third kappa shape index (κ3) is 3.08. The average Bonchev–Trinajstić information content (AvgIpc) is 2.82. The molecule has 3 heteroatoms. The van der Waals surface area contributed by atoms with Crippen LogP contribution in [0, 0.1) is 0 Å². The molecule has 1 aromatic heterocycles. The van der Waals surface area contributed by atoms with Crippen LogP contribution in [0.2, 0.25) is 0 Å². The summed E-state index contributed by atoms with van der Waals surface area (Å²) in [7, 11) is 0. The molecule has 1 heterocycles. The number of thiophene rings is 1. The fourth-order valence-corrected chi connectivity index (χ4v) is 2.18. The zero-order valence-corrected chi connectivity index (χ0v) is 9.87. The third-order valence-electron chi connectivity index (χ3n) is 2.33. The van der Waals surface area contributed by atoms with E-state index in [1.807, 2.05) is 24.3 Å². The van der Waals surface area contributed by atoms with E-state index in [0.717, 1.165) is 17.7 Å². The number of nitrogens with two attached hydrogens (primary N) is 1. The largest absolute Gasteiger partial charge is 0.493 e. The van der Waals surface area contributed by atoms with Gasteiger partial charge in [0, 0.05) is 17.8 Å². The molecule has 0 saturated carbocycles. The summed E-state index contributed by atoms with van der Waals surface area (Å²) in [5.74, 6) is 0.902. The highest BCUT2D eigenvalue weighted by atomic mass is 32.1. The molecule has 0 atom stereocenters. The smallest absolute Gasteiger partial charge is 0.119 e. The van der Waals surface area contributed by atoms with Gasteiger partial charge in [-0.2, -0.15) is 0 Å². The summed E-state index contributed by atoms with van der Waals surface area (Å²) in [6.45, 7) is 1.27. The van der Waals surface area contributed by atoms with E-state index in [2.05, 4.69) is 17.5 Å². The Bertz CT molecular complexity index is 425. The summed E-state index contributed by atoms with van der Waals surface area (Å²) in [5, 5.41) is 2.09. The van der Waals surface area contributed by atoms with Gasteiger partial charge < -0.3 is 10.5 Å². The van der Waals surface area contributed by atoms with Crippen molar-refractivity contribution in [2.75, 3.05) is 6.61 Å². The molecule has 2 nitrogen and oxygen atoms in total. The Kier molecular flexibility index (Phi) is 3.97. The van der Waals surface area contributed by atoms with Gasteiger partial charge in [-0.1, -0.05) is 18.2 Å². The van der Waals surface area contributed by atoms with Crippen molar-refractivity contribution >= 4 is 11.3 Å². The summed E-state index contributed by atoms with van der Waals surface area (Å²) in [5.41, 5.74) is 6.68. The molecule has 1 aromatic carbocycles. The molecule has 0 radical (unpaired) electrons. The van der Waals surface area contributed by atoms with Crippen molar-refractivity contribution in [2.24, 2.45) is 5.73 Å². The lowest BCUT2D eigenvalue weighted by atomic mass is 10.2. The molecule has 2 N–H and O–H groups in total. The molecule has 2 aromatic rings. The van der Waals surface area contributed by atoms with Gasteiger partial charge in [0.15, 0.2) is 0 Å². The second kappa shape index (κ2) is 5.68. The lowest BCUT2D eigenvalue weighted by Gasteiger charge is -2.06. The van der Waals surface area contributed by atoms with E-state index in [1.54, 1.807) is 11.3 Å². The van der Waals surface area contributed by atoms with Crippen LogP contribution in [-0.2, 0) is 13.0 Å². The van der Waals surface area contributed by atoms with Gasteiger partial charge >= 0.3 is 0 Å². The first-order valence-electron chi connectivity index (χ1n) is 5.32. The van der Waals surface area contributed by atoms with Crippen molar-refractivity contribution in [3.05, 3.63) is 52.2 Å². The van der Waals surface area contributed by atoms with Gasteiger partial charge in [0.2, 0.25) is 0 Å². The number of rotatable bonds is 5. The van der Waals surface area contributed by atoms with Crippen molar-refractivity contribution in [3.8, 4) is 5.75 Å². The van der Waals surface area contributed by atoms with Gasteiger partial charge in [0.25, 0.3) is 0 Å². The summed E-state index contributed by atoms with van der Waals surface area (Å²) in [6.07, 6.45) is 0.963. The molecule has 84 valence electrons. The minimum atomic E-state index is 0.558. The van der Waals surface area contributed by atoms with Crippen molar-refractivity contribution in [1.29, 1.82) is 0 Å². The monoisotopic (exact) mass is 233 g/mol. The van der Waals surface area contributed by atoms with E-state index >= 15 is 0 Å². The number of hydrogen-bond donors (Lipinski definition) is 1. The van der Waals surface area contributed by atoms with Gasteiger partial charge in [-0.25, -0.2) is 0 Å². The molecule has 0 fully saturated rings. The maximum absolute atomic E-state index is 5.67. The summed E-state index contributed by atoms with van der Waals surface area (Å²) in [4.78, 5) is 1.36. The second-order valence-electron chi connectivity index (χ2n) is 3.53. The minimum absolute atomic E-state index is 0.558. The predicted molar refractivity (Wildman–Crippen MR) is 67.9 cm³/mol. The molecule has 2 rings (SSSR count). The summed E-state index contributed by atoms with van der Waals surface area (Å²) >= 11 is 1.77. The van der Waals surface area contributed by atoms with Crippen molar-refractivity contribution < 1.29 is 4.74 Å². The summed E-state index contributed by atoms with van der Waals surface area (Å²) < 4.78 is 5.67. The molecule has 0 aliphatic rings. The van der Waals surface area contributed by atoms with E-state index in [0.29, 0.717) is 13.2 Å². The first kappa shape index (κ1) is 11.2. The van der Waals surface area contributed by atoms with E-state index in [-0.39, 0.29) is 0 Å². The zero-order valence-electron chi connectivity index (χ0n) is 9.06. The first-order valence-corrected chi connectivity index (χ1v) is 6.20. The molecule has 0 aliphatic heterocycles. The maximum atomic E-state index is 5.67. The van der Waals surface area contributed by atoms with Crippen LogP contribution >= 0.6 is 11.3 Å². The van der Waals surface area contributed by atoms with E-state index < -0.39 is 0 Å². The fraction of sp³-hybridized carbons (Fsp3) is 0.231. The van der Waals surface area contributed by atoms with Crippen LogP contribution in [0.25, 0.3) is 0 Å². The van der Waals surface area contributed by atoms with Crippen LogP contribution in [0.4, 0.5) is 0 Å². The van der Waals surface area contributed by atoms with Gasteiger partial charge in [-0.3, -0.25) is 0 Å². The van der Waals surface area contributed by atoms with Crippen LogP contribution < -0.4 is 10.5 Å². The van der Waals surface area contributed by atoms with Crippen LogP contribution in [0.3, 0.4) is 0 Å². The number of hydrogen-bond acceptors (Lipinski definition) is 3. The third-order valence-corrected chi connectivity index (χ3v) is 3.27.